The van der Waals surface area contributed by atoms with Gasteiger partial charge in [0.05, 0.1) is 41.6 Å². The third kappa shape index (κ3) is 5.47. The number of aromatic nitrogens is 1. The first kappa shape index (κ1) is 27.0. The highest BCUT2D eigenvalue weighted by atomic mass is 16.6. The topological polar surface area (TPSA) is 89.7 Å². The monoisotopic (exact) mass is 508 g/mol. The van der Waals surface area contributed by atoms with Crippen LogP contribution in [0.5, 0.6) is 0 Å². The van der Waals surface area contributed by atoms with Crippen LogP contribution in [0.3, 0.4) is 0 Å². The van der Waals surface area contributed by atoms with Gasteiger partial charge < -0.3 is 24.5 Å². The Morgan fingerprint density at radius 1 is 1.14 bits per heavy atom. The van der Waals surface area contributed by atoms with Gasteiger partial charge in [-0.1, -0.05) is 38.8 Å². The minimum atomic E-state index is -0.637. The van der Waals surface area contributed by atoms with Crippen molar-refractivity contribution < 1.29 is 23.8 Å². The van der Waals surface area contributed by atoms with E-state index in [1.54, 1.807) is 6.92 Å². The van der Waals surface area contributed by atoms with Crippen LogP contribution in [0.2, 0.25) is 0 Å². The van der Waals surface area contributed by atoms with Crippen molar-refractivity contribution in [2.75, 3.05) is 13.2 Å². The summed E-state index contributed by atoms with van der Waals surface area (Å²) in [7, 11) is 0. The number of carbonyl (C=O) groups is 2. The third-order valence-electron chi connectivity index (χ3n) is 7.05. The molecule has 2 aromatic rings. The van der Waals surface area contributed by atoms with E-state index in [1.807, 2.05) is 51.2 Å². The van der Waals surface area contributed by atoms with Gasteiger partial charge >= 0.3 is 11.9 Å². The van der Waals surface area contributed by atoms with Gasteiger partial charge in [0.15, 0.2) is 0 Å². The number of hydrogen-bond acceptors (Lipinski definition) is 6. The van der Waals surface area contributed by atoms with E-state index in [-0.39, 0.29) is 19.2 Å². The molecule has 4 rings (SSSR count). The lowest BCUT2D eigenvalue weighted by Crippen LogP contribution is -2.47. The summed E-state index contributed by atoms with van der Waals surface area (Å²) in [5, 5.41) is 4.44. The molecule has 1 unspecified atom stereocenters. The van der Waals surface area contributed by atoms with E-state index in [1.165, 1.54) is 0 Å². The van der Waals surface area contributed by atoms with Gasteiger partial charge in [-0.3, -0.25) is 0 Å². The van der Waals surface area contributed by atoms with Gasteiger partial charge in [0.1, 0.15) is 5.60 Å². The van der Waals surface area contributed by atoms with Crippen molar-refractivity contribution in [1.82, 2.24) is 10.3 Å². The number of nitrogens with one attached hydrogen (secondary N) is 2. The molecule has 0 aliphatic carbocycles. The Labute approximate surface area is 219 Å². The molecule has 7 nitrogen and oxygen atoms in total. The van der Waals surface area contributed by atoms with Crippen molar-refractivity contribution in [2.45, 2.75) is 90.8 Å². The lowest BCUT2D eigenvalue weighted by atomic mass is 9.75. The molecule has 0 amide bonds. The summed E-state index contributed by atoms with van der Waals surface area (Å²) in [5.74, 6) is -1.47. The Morgan fingerprint density at radius 2 is 1.86 bits per heavy atom. The number of carbonyl (C=O) groups excluding carboxylic acids is 2. The van der Waals surface area contributed by atoms with E-state index < -0.39 is 23.1 Å². The first-order valence-electron chi connectivity index (χ1n) is 13.5. The molecule has 0 saturated carbocycles. The first-order valence-corrected chi connectivity index (χ1v) is 13.5. The van der Waals surface area contributed by atoms with E-state index in [9.17, 15) is 9.59 Å². The molecular formula is C30H40N2O5. The van der Waals surface area contributed by atoms with Crippen molar-refractivity contribution >= 4 is 22.8 Å². The summed E-state index contributed by atoms with van der Waals surface area (Å²) in [6.45, 7) is 12.4. The molecule has 7 heteroatoms. The Kier molecular flexibility index (Phi) is 7.83. The standard InChI is InChI=1S/C30H40N2O5/c1-7-14-30(15-8-2)17-22-25(28(34)37-30)24(20-11-10-12-21-19(20)13-16-31-21)26(27(33)35-9-3)23(32-22)18-36-29(4,5)6/h10-13,16,24,31-32H,7-9,14-15,17-18H2,1-6H3. The Morgan fingerprint density at radius 3 is 2.51 bits per heavy atom. The Hall–Kier alpha value is -3.06. The third-order valence-corrected chi connectivity index (χ3v) is 7.05. The predicted octanol–water partition coefficient (Wildman–Crippen LogP) is 6.03. The van der Waals surface area contributed by atoms with Crippen LogP contribution in [0.4, 0.5) is 0 Å². The lowest BCUT2D eigenvalue weighted by Gasteiger charge is -2.43. The maximum absolute atomic E-state index is 13.9. The SMILES string of the molecule is CCCC1(CCC)CC2=C(C(=O)O1)C(c1cccc3[nH]ccc13)C(C(=O)OCC)=C(COC(C)(C)C)N2. The highest BCUT2D eigenvalue weighted by Crippen LogP contribution is 2.47. The second-order valence-electron chi connectivity index (χ2n) is 11.0. The van der Waals surface area contributed by atoms with E-state index in [2.05, 4.69) is 24.1 Å². The number of benzene rings is 1. The number of dihydropyridines is 1. The van der Waals surface area contributed by atoms with Crippen molar-refractivity contribution in [3.8, 4) is 0 Å². The van der Waals surface area contributed by atoms with Gasteiger partial charge in [-0.15, -0.1) is 0 Å². The summed E-state index contributed by atoms with van der Waals surface area (Å²) in [6, 6.07) is 7.88. The molecular weight excluding hydrogens is 468 g/mol. The van der Waals surface area contributed by atoms with Crippen LogP contribution in [-0.2, 0) is 23.8 Å². The number of fused-ring (bicyclic) bond motifs is 1. The van der Waals surface area contributed by atoms with Gasteiger partial charge in [-0.05, 0) is 58.2 Å². The Bertz CT molecular complexity index is 1220. The first-order chi connectivity index (χ1) is 17.6. The molecule has 200 valence electrons. The van der Waals surface area contributed by atoms with Crippen LogP contribution < -0.4 is 5.32 Å². The summed E-state index contributed by atoms with van der Waals surface area (Å²) in [4.78, 5) is 30.7. The van der Waals surface area contributed by atoms with Crippen LogP contribution in [0.15, 0.2) is 53.0 Å². The van der Waals surface area contributed by atoms with E-state index >= 15 is 0 Å². The van der Waals surface area contributed by atoms with Crippen LogP contribution in [0.25, 0.3) is 10.9 Å². The summed E-state index contributed by atoms with van der Waals surface area (Å²) >= 11 is 0. The molecule has 0 saturated heterocycles. The molecule has 1 aromatic carbocycles. The van der Waals surface area contributed by atoms with Crippen molar-refractivity contribution in [1.29, 1.82) is 0 Å². The molecule has 0 spiro atoms. The minimum Gasteiger partial charge on any atom is -0.463 e. The second kappa shape index (κ2) is 10.7. The van der Waals surface area contributed by atoms with E-state index in [4.69, 9.17) is 14.2 Å². The maximum atomic E-state index is 13.9. The Balaban J connectivity index is 1.94. The largest absolute Gasteiger partial charge is 0.463 e. The lowest BCUT2D eigenvalue weighted by molar-refractivity contribution is -0.160. The predicted molar refractivity (Wildman–Crippen MR) is 144 cm³/mol. The smallest absolute Gasteiger partial charge is 0.337 e. The fourth-order valence-corrected chi connectivity index (χ4v) is 5.64. The van der Waals surface area contributed by atoms with Crippen molar-refractivity contribution in [3.05, 3.63) is 58.6 Å². The van der Waals surface area contributed by atoms with Crippen molar-refractivity contribution in [2.24, 2.45) is 0 Å². The molecule has 3 heterocycles. The van der Waals surface area contributed by atoms with Gasteiger partial charge in [0, 0.05) is 29.2 Å². The molecule has 0 bridgehead atoms. The quantitative estimate of drug-likeness (QED) is 0.402. The fraction of sp³-hybridized carbons (Fsp3) is 0.533. The molecule has 0 radical (unpaired) electrons. The highest BCUT2D eigenvalue weighted by Gasteiger charge is 2.48. The zero-order chi connectivity index (χ0) is 26.8. The van der Waals surface area contributed by atoms with Gasteiger partial charge in [0.2, 0.25) is 0 Å². The number of H-pyrrole nitrogens is 1. The molecule has 1 atom stereocenters. The molecule has 1 aromatic heterocycles. The molecule has 2 aliphatic heterocycles. The number of esters is 2. The van der Waals surface area contributed by atoms with Crippen molar-refractivity contribution in [3.63, 3.8) is 0 Å². The zero-order valence-corrected chi connectivity index (χ0v) is 23.0. The van der Waals surface area contributed by atoms with Gasteiger partial charge in [0.25, 0.3) is 0 Å². The van der Waals surface area contributed by atoms with Crippen LogP contribution >= 0.6 is 0 Å². The minimum absolute atomic E-state index is 0.192. The fourth-order valence-electron chi connectivity index (χ4n) is 5.64. The summed E-state index contributed by atoms with van der Waals surface area (Å²) in [5.41, 5.74) is 3.15. The van der Waals surface area contributed by atoms with Gasteiger partial charge in [-0.2, -0.15) is 0 Å². The average molecular weight is 509 g/mol. The molecule has 2 N–H and O–H groups in total. The highest BCUT2D eigenvalue weighted by molar-refractivity contribution is 6.02. The number of rotatable bonds is 9. The van der Waals surface area contributed by atoms with Gasteiger partial charge in [-0.25, -0.2) is 9.59 Å². The van der Waals surface area contributed by atoms with Crippen LogP contribution in [0.1, 0.15) is 85.1 Å². The number of hydrogen-bond donors (Lipinski definition) is 2. The number of aromatic amines is 1. The van der Waals surface area contributed by atoms with E-state index in [0.29, 0.717) is 23.3 Å². The van der Waals surface area contributed by atoms with Crippen LogP contribution in [-0.4, -0.2) is 41.3 Å². The number of cyclic esters (lactones) is 1. The number of ether oxygens (including phenoxy) is 3. The summed E-state index contributed by atoms with van der Waals surface area (Å²) < 4.78 is 18.0. The molecule has 0 fully saturated rings. The van der Waals surface area contributed by atoms with Crippen LogP contribution in [0, 0.1) is 0 Å². The molecule has 2 aliphatic rings. The second-order valence-corrected chi connectivity index (χ2v) is 11.0. The van der Waals surface area contributed by atoms with E-state index in [0.717, 1.165) is 47.8 Å². The average Bonchev–Trinajstić information content (AvgIpc) is 3.31. The zero-order valence-electron chi connectivity index (χ0n) is 23.0. The molecule has 37 heavy (non-hydrogen) atoms. The normalized spacial score (nSPS) is 19.5. The maximum Gasteiger partial charge on any atom is 0.337 e. The summed E-state index contributed by atoms with van der Waals surface area (Å²) in [6.07, 6.45) is 5.83.